The summed E-state index contributed by atoms with van der Waals surface area (Å²) in [5.74, 6) is -0.858. The van der Waals surface area contributed by atoms with Gasteiger partial charge in [-0.25, -0.2) is 4.79 Å². The molecule has 9 heteroatoms. The topological polar surface area (TPSA) is 109 Å². The number of benzene rings is 3. The fraction of sp³-hybridized carbons (Fsp3) is 0.0800. The lowest BCUT2D eigenvalue weighted by atomic mass is 10.1. The van der Waals surface area contributed by atoms with E-state index in [9.17, 15) is 14.9 Å². The molecule has 0 saturated carbocycles. The maximum atomic E-state index is 12.5. The molecule has 0 unspecified atom stereocenters. The summed E-state index contributed by atoms with van der Waals surface area (Å²) in [5, 5.41) is 22.0. The largest absolute Gasteiger partial charge is 0.493 e. The quantitative estimate of drug-likeness (QED) is 0.300. The van der Waals surface area contributed by atoms with Crippen LogP contribution in [0.1, 0.15) is 21.5 Å². The van der Waals surface area contributed by atoms with Crippen LogP contribution in [0.2, 0.25) is 10.0 Å². The summed E-state index contributed by atoms with van der Waals surface area (Å²) >= 11 is 12.1. The molecular formula is C25H18Cl2N2O5. The maximum absolute atomic E-state index is 12.5. The third kappa shape index (κ3) is 6.29. The Morgan fingerprint density at radius 2 is 1.79 bits per heavy atom. The molecule has 0 atom stereocenters. The third-order valence-electron chi connectivity index (χ3n) is 4.65. The van der Waals surface area contributed by atoms with Gasteiger partial charge < -0.3 is 19.9 Å². The molecule has 0 radical (unpaired) electrons. The Hall–Kier alpha value is -3.99. The van der Waals surface area contributed by atoms with E-state index in [1.807, 2.05) is 6.07 Å². The number of rotatable bonds is 8. The lowest BCUT2D eigenvalue weighted by molar-refractivity contribution is -0.112. The molecule has 0 aliphatic rings. The van der Waals surface area contributed by atoms with Gasteiger partial charge in [0.1, 0.15) is 18.2 Å². The van der Waals surface area contributed by atoms with Crippen molar-refractivity contribution >= 4 is 46.8 Å². The first-order valence-corrected chi connectivity index (χ1v) is 10.6. The molecule has 7 nitrogen and oxygen atoms in total. The molecule has 1 amide bonds. The standard InChI is InChI=1S/C25H18Cl2N2O5/c1-33-23-11-15(2-9-22(23)34-14-17-3-6-19(26)12-21(17)27)10-18(13-28)24(30)29-20-7-4-16(5-8-20)25(31)32/h2-12H,14H2,1H3,(H,29,30)(H,31,32)/b18-10+. The van der Waals surface area contributed by atoms with Crippen molar-refractivity contribution in [1.82, 2.24) is 0 Å². The van der Waals surface area contributed by atoms with E-state index >= 15 is 0 Å². The Balaban J connectivity index is 1.74. The predicted molar refractivity (Wildman–Crippen MR) is 129 cm³/mol. The van der Waals surface area contributed by atoms with Crippen molar-refractivity contribution in [3.05, 3.63) is 93.0 Å². The maximum Gasteiger partial charge on any atom is 0.335 e. The number of methoxy groups -OCH3 is 1. The number of carbonyl (C=O) groups is 2. The fourth-order valence-electron chi connectivity index (χ4n) is 2.90. The highest BCUT2D eigenvalue weighted by molar-refractivity contribution is 6.35. The molecule has 0 spiro atoms. The first-order valence-electron chi connectivity index (χ1n) is 9.82. The van der Waals surface area contributed by atoms with Crippen molar-refractivity contribution in [3.8, 4) is 17.6 Å². The van der Waals surface area contributed by atoms with E-state index in [-0.39, 0.29) is 17.7 Å². The molecular weight excluding hydrogens is 479 g/mol. The summed E-state index contributed by atoms with van der Waals surface area (Å²) in [6.07, 6.45) is 1.41. The lowest BCUT2D eigenvalue weighted by Crippen LogP contribution is -2.13. The summed E-state index contributed by atoms with van der Waals surface area (Å²) in [6, 6.07) is 17.5. The second-order valence-corrected chi connectivity index (χ2v) is 7.78. The average Bonchev–Trinajstić information content (AvgIpc) is 2.82. The van der Waals surface area contributed by atoms with Crippen LogP contribution >= 0.6 is 23.2 Å². The van der Waals surface area contributed by atoms with Gasteiger partial charge in [-0.1, -0.05) is 35.3 Å². The van der Waals surface area contributed by atoms with Crippen molar-refractivity contribution in [3.63, 3.8) is 0 Å². The van der Waals surface area contributed by atoms with E-state index in [0.717, 1.165) is 5.56 Å². The molecule has 0 aliphatic carbocycles. The lowest BCUT2D eigenvalue weighted by Gasteiger charge is -2.12. The minimum atomic E-state index is -1.08. The van der Waals surface area contributed by atoms with Crippen LogP contribution in [-0.4, -0.2) is 24.1 Å². The summed E-state index contributed by atoms with van der Waals surface area (Å²) in [6.45, 7) is 0.189. The van der Waals surface area contributed by atoms with E-state index in [1.165, 1.54) is 37.5 Å². The van der Waals surface area contributed by atoms with Crippen molar-refractivity contribution in [1.29, 1.82) is 5.26 Å². The van der Waals surface area contributed by atoms with Crippen LogP contribution in [0.3, 0.4) is 0 Å². The monoisotopic (exact) mass is 496 g/mol. The average molecular weight is 497 g/mol. The molecule has 0 saturated heterocycles. The summed E-state index contributed by atoms with van der Waals surface area (Å²) in [5.41, 5.74) is 1.59. The van der Waals surface area contributed by atoms with Gasteiger partial charge in [0.25, 0.3) is 5.91 Å². The van der Waals surface area contributed by atoms with Gasteiger partial charge in [0.05, 0.1) is 12.7 Å². The number of halogens is 2. The smallest absolute Gasteiger partial charge is 0.335 e. The fourth-order valence-corrected chi connectivity index (χ4v) is 3.36. The van der Waals surface area contributed by atoms with Gasteiger partial charge in [-0.05, 0) is 60.2 Å². The van der Waals surface area contributed by atoms with E-state index in [1.54, 1.807) is 36.4 Å². The molecule has 0 aromatic heterocycles. The molecule has 0 bridgehead atoms. The Morgan fingerprint density at radius 3 is 2.41 bits per heavy atom. The van der Waals surface area contributed by atoms with Crippen molar-refractivity contribution in [2.75, 3.05) is 12.4 Å². The number of carbonyl (C=O) groups excluding carboxylic acids is 1. The van der Waals surface area contributed by atoms with Gasteiger partial charge in [0.15, 0.2) is 11.5 Å². The van der Waals surface area contributed by atoms with E-state index in [4.69, 9.17) is 37.8 Å². The Kier molecular flexibility index (Phi) is 8.14. The molecule has 0 fully saturated rings. The minimum absolute atomic E-state index is 0.0850. The van der Waals surface area contributed by atoms with Gasteiger partial charge in [-0.3, -0.25) is 4.79 Å². The number of hydrogen-bond donors (Lipinski definition) is 2. The first-order chi connectivity index (χ1) is 16.3. The minimum Gasteiger partial charge on any atom is -0.493 e. The second-order valence-electron chi connectivity index (χ2n) is 6.94. The number of carboxylic acid groups (broad SMARTS) is 1. The van der Waals surface area contributed by atoms with Crippen LogP contribution in [-0.2, 0) is 11.4 Å². The number of nitrogens with one attached hydrogen (secondary N) is 1. The highest BCUT2D eigenvalue weighted by Crippen LogP contribution is 2.31. The zero-order valence-electron chi connectivity index (χ0n) is 17.8. The molecule has 3 aromatic rings. The van der Waals surface area contributed by atoms with Crippen molar-refractivity contribution in [2.45, 2.75) is 6.61 Å². The van der Waals surface area contributed by atoms with Crippen LogP contribution in [0.25, 0.3) is 6.08 Å². The molecule has 3 aromatic carbocycles. The zero-order chi connectivity index (χ0) is 24.7. The molecule has 34 heavy (non-hydrogen) atoms. The second kappa shape index (κ2) is 11.2. The Bertz CT molecular complexity index is 1300. The molecule has 0 heterocycles. The number of amides is 1. The number of anilines is 1. The van der Waals surface area contributed by atoms with Crippen molar-refractivity contribution in [2.24, 2.45) is 0 Å². The van der Waals surface area contributed by atoms with Gasteiger partial charge >= 0.3 is 5.97 Å². The van der Waals surface area contributed by atoms with E-state index in [2.05, 4.69) is 5.32 Å². The number of nitriles is 1. The molecule has 0 aliphatic heterocycles. The Labute approximate surface area is 205 Å². The van der Waals surface area contributed by atoms with Crippen molar-refractivity contribution < 1.29 is 24.2 Å². The molecule has 172 valence electrons. The zero-order valence-corrected chi connectivity index (χ0v) is 19.4. The van der Waals surface area contributed by atoms with Gasteiger partial charge in [0.2, 0.25) is 0 Å². The van der Waals surface area contributed by atoms with Gasteiger partial charge in [-0.2, -0.15) is 5.26 Å². The number of nitrogens with zero attached hydrogens (tertiary/aromatic N) is 1. The van der Waals surface area contributed by atoms with Crippen LogP contribution < -0.4 is 14.8 Å². The van der Waals surface area contributed by atoms with Crippen LogP contribution in [0, 0.1) is 11.3 Å². The molecule has 2 N–H and O–H groups in total. The SMILES string of the molecule is COc1cc(/C=C(\C#N)C(=O)Nc2ccc(C(=O)O)cc2)ccc1OCc1ccc(Cl)cc1Cl. The molecule has 3 rings (SSSR count). The Morgan fingerprint density at radius 1 is 1.06 bits per heavy atom. The van der Waals surface area contributed by atoms with E-state index < -0.39 is 11.9 Å². The highest BCUT2D eigenvalue weighted by atomic mass is 35.5. The van der Waals surface area contributed by atoms with Crippen LogP contribution in [0.4, 0.5) is 5.69 Å². The number of hydrogen-bond acceptors (Lipinski definition) is 5. The van der Waals surface area contributed by atoms with Gasteiger partial charge in [0, 0.05) is 21.3 Å². The highest BCUT2D eigenvalue weighted by Gasteiger charge is 2.12. The normalized spacial score (nSPS) is 10.8. The first kappa shape index (κ1) is 24.6. The van der Waals surface area contributed by atoms with E-state index in [0.29, 0.717) is 32.8 Å². The summed E-state index contributed by atoms with van der Waals surface area (Å²) in [4.78, 5) is 23.4. The summed E-state index contributed by atoms with van der Waals surface area (Å²) < 4.78 is 11.2. The van der Waals surface area contributed by atoms with Crippen LogP contribution in [0.5, 0.6) is 11.5 Å². The number of ether oxygens (including phenoxy) is 2. The predicted octanol–water partition coefficient (Wildman–Crippen LogP) is 5.82. The number of carboxylic acids is 1. The summed E-state index contributed by atoms with van der Waals surface area (Å²) in [7, 11) is 1.48. The van der Waals surface area contributed by atoms with Gasteiger partial charge in [-0.15, -0.1) is 0 Å². The van der Waals surface area contributed by atoms with Crippen LogP contribution in [0.15, 0.2) is 66.2 Å². The number of aromatic carboxylic acids is 1. The third-order valence-corrected chi connectivity index (χ3v) is 5.24.